The number of hydrogen-bond acceptors (Lipinski definition) is 3. The van der Waals surface area contributed by atoms with Gasteiger partial charge in [0, 0.05) is 0 Å². The molecule has 1 heterocycles. The standard InChI is InChI=1S/C8H8N2OS/c1-11-10-7-5-3-2-4-6(7)9-8(10)12/h2-5H,1H3,(H,9,12). The SMILES string of the molecule is COn1c(S)nc2ccccc21. The van der Waals surface area contributed by atoms with Crippen LogP contribution in [-0.4, -0.2) is 16.8 Å². The van der Waals surface area contributed by atoms with E-state index in [2.05, 4.69) is 17.6 Å². The van der Waals surface area contributed by atoms with Crippen LogP contribution in [0.25, 0.3) is 11.0 Å². The number of hydrogen-bond donors (Lipinski definition) is 1. The summed E-state index contributed by atoms with van der Waals surface area (Å²) in [5.41, 5.74) is 1.83. The van der Waals surface area contributed by atoms with E-state index in [0.717, 1.165) is 11.0 Å². The second-order valence-corrected chi connectivity index (χ2v) is 2.78. The lowest BCUT2D eigenvalue weighted by molar-refractivity contribution is 0.155. The molecule has 0 aliphatic carbocycles. The molecule has 4 heteroatoms. The average Bonchev–Trinajstić information content (AvgIpc) is 2.40. The molecule has 0 atom stereocenters. The van der Waals surface area contributed by atoms with Gasteiger partial charge in [-0.1, -0.05) is 12.1 Å². The quantitative estimate of drug-likeness (QED) is 0.671. The summed E-state index contributed by atoms with van der Waals surface area (Å²) < 4.78 is 1.58. The Morgan fingerprint density at radius 2 is 2.17 bits per heavy atom. The Morgan fingerprint density at radius 1 is 1.42 bits per heavy atom. The van der Waals surface area contributed by atoms with Crippen LogP contribution in [0, 0.1) is 0 Å². The Bertz CT molecular complexity index is 410. The van der Waals surface area contributed by atoms with Gasteiger partial charge in [0.2, 0.25) is 5.16 Å². The molecule has 0 fully saturated rings. The number of fused-ring (bicyclic) bond motifs is 1. The third-order valence-corrected chi connectivity index (χ3v) is 1.97. The van der Waals surface area contributed by atoms with E-state index in [1.807, 2.05) is 24.3 Å². The van der Waals surface area contributed by atoms with Gasteiger partial charge in [-0.15, -0.1) is 12.6 Å². The van der Waals surface area contributed by atoms with Crippen molar-refractivity contribution >= 4 is 23.7 Å². The molecule has 0 N–H and O–H groups in total. The zero-order valence-electron chi connectivity index (χ0n) is 6.56. The molecule has 0 aliphatic heterocycles. The second-order valence-electron chi connectivity index (χ2n) is 2.38. The normalized spacial score (nSPS) is 10.5. The van der Waals surface area contributed by atoms with E-state index in [-0.39, 0.29) is 0 Å². The van der Waals surface area contributed by atoms with Gasteiger partial charge in [-0.2, -0.15) is 4.73 Å². The lowest BCUT2D eigenvalue weighted by Crippen LogP contribution is -2.05. The number of nitrogens with zero attached hydrogens (tertiary/aromatic N) is 2. The van der Waals surface area contributed by atoms with Gasteiger partial charge >= 0.3 is 0 Å². The van der Waals surface area contributed by atoms with Crippen molar-refractivity contribution in [3.8, 4) is 0 Å². The van der Waals surface area contributed by atoms with Crippen LogP contribution in [0.1, 0.15) is 0 Å². The zero-order valence-corrected chi connectivity index (χ0v) is 7.45. The maximum atomic E-state index is 5.08. The second kappa shape index (κ2) is 2.71. The minimum Gasteiger partial charge on any atom is -0.414 e. The molecule has 62 valence electrons. The topological polar surface area (TPSA) is 27.1 Å². The summed E-state index contributed by atoms with van der Waals surface area (Å²) in [6.07, 6.45) is 0. The van der Waals surface area contributed by atoms with E-state index in [1.165, 1.54) is 0 Å². The Labute approximate surface area is 75.3 Å². The van der Waals surface area contributed by atoms with Gasteiger partial charge in [0.25, 0.3) is 0 Å². The fourth-order valence-corrected chi connectivity index (χ4v) is 1.47. The summed E-state index contributed by atoms with van der Waals surface area (Å²) in [5, 5.41) is 0.568. The molecule has 0 aliphatic rings. The lowest BCUT2D eigenvalue weighted by Gasteiger charge is -2.00. The first-order chi connectivity index (χ1) is 5.83. The Kier molecular flexibility index (Phi) is 1.69. The molecule has 2 aromatic rings. The number of para-hydroxylation sites is 2. The van der Waals surface area contributed by atoms with E-state index in [4.69, 9.17) is 4.84 Å². The molecule has 0 spiro atoms. The van der Waals surface area contributed by atoms with E-state index in [1.54, 1.807) is 11.8 Å². The number of imidazole rings is 1. The van der Waals surface area contributed by atoms with Crippen LogP contribution in [0.4, 0.5) is 0 Å². The summed E-state index contributed by atoms with van der Waals surface area (Å²) in [6.45, 7) is 0. The van der Waals surface area contributed by atoms with Crippen LogP contribution < -0.4 is 4.84 Å². The van der Waals surface area contributed by atoms with Crippen molar-refractivity contribution in [2.45, 2.75) is 5.16 Å². The molecule has 3 nitrogen and oxygen atoms in total. The van der Waals surface area contributed by atoms with Gasteiger partial charge in [0.15, 0.2) is 0 Å². The van der Waals surface area contributed by atoms with Crippen LogP contribution >= 0.6 is 12.6 Å². The van der Waals surface area contributed by atoms with Crippen LogP contribution in [0.3, 0.4) is 0 Å². The third-order valence-electron chi connectivity index (χ3n) is 1.69. The number of thiol groups is 1. The van der Waals surface area contributed by atoms with Gasteiger partial charge < -0.3 is 4.84 Å². The Morgan fingerprint density at radius 3 is 2.92 bits per heavy atom. The summed E-state index contributed by atoms with van der Waals surface area (Å²) in [6, 6.07) is 7.73. The molecule has 0 bridgehead atoms. The van der Waals surface area contributed by atoms with Gasteiger partial charge in [0.1, 0.15) is 12.6 Å². The molecular weight excluding hydrogens is 172 g/mol. The van der Waals surface area contributed by atoms with Crippen molar-refractivity contribution < 1.29 is 4.84 Å². The first kappa shape index (κ1) is 7.49. The van der Waals surface area contributed by atoms with E-state index < -0.39 is 0 Å². The largest absolute Gasteiger partial charge is 0.414 e. The highest BCUT2D eigenvalue weighted by Gasteiger charge is 2.05. The fourth-order valence-electron chi connectivity index (χ4n) is 1.17. The van der Waals surface area contributed by atoms with Gasteiger partial charge in [-0.3, -0.25) is 0 Å². The monoisotopic (exact) mass is 180 g/mol. The van der Waals surface area contributed by atoms with E-state index in [0.29, 0.717) is 5.16 Å². The van der Waals surface area contributed by atoms with Crippen molar-refractivity contribution in [2.24, 2.45) is 0 Å². The number of rotatable bonds is 1. The van der Waals surface area contributed by atoms with Crippen molar-refractivity contribution in [1.82, 2.24) is 9.71 Å². The third kappa shape index (κ3) is 0.956. The first-order valence-corrected chi connectivity index (χ1v) is 3.98. The Balaban J connectivity index is 2.81. The zero-order chi connectivity index (χ0) is 8.55. The molecule has 0 unspecified atom stereocenters. The molecule has 1 aromatic heterocycles. The number of benzene rings is 1. The predicted molar refractivity (Wildman–Crippen MR) is 49.5 cm³/mol. The molecule has 0 saturated heterocycles. The molecule has 1 aromatic carbocycles. The number of aromatic nitrogens is 2. The minimum absolute atomic E-state index is 0.568. The average molecular weight is 180 g/mol. The van der Waals surface area contributed by atoms with Crippen LogP contribution in [0.5, 0.6) is 0 Å². The molecule has 2 rings (SSSR count). The first-order valence-electron chi connectivity index (χ1n) is 3.54. The predicted octanol–water partition coefficient (Wildman–Crippen LogP) is 1.38. The molecule has 0 saturated carbocycles. The van der Waals surface area contributed by atoms with Gasteiger partial charge in [-0.05, 0) is 12.1 Å². The van der Waals surface area contributed by atoms with Gasteiger partial charge in [-0.25, -0.2) is 4.98 Å². The molecular formula is C8H8N2OS. The molecule has 0 amide bonds. The highest BCUT2D eigenvalue weighted by molar-refractivity contribution is 7.80. The van der Waals surface area contributed by atoms with E-state index >= 15 is 0 Å². The summed E-state index contributed by atoms with van der Waals surface area (Å²) in [5.74, 6) is 0. The summed E-state index contributed by atoms with van der Waals surface area (Å²) >= 11 is 4.16. The highest BCUT2D eigenvalue weighted by atomic mass is 32.1. The maximum absolute atomic E-state index is 5.08. The van der Waals surface area contributed by atoms with Crippen molar-refractivity contribution in [1.29, 1.82) is 0 Å². The van der Waals surface area contributed by atoms with Crippen LogP contribution in [0.15, 0.2) is 29.4 Å². The summed E-state index contributed by atoms with van der Waals surface area (Å²) in [7, 11) is 1.59. The van der Waals surface area contributed by atoms with Crippen LogP contribution in [-0.2, 0) is 0 Å². The summed E-state index contributed by atoms with van der Waals surface area (Å²) in [4.78, 5) is 9.26. The molecule has 0 radical (unpaired) electrons. The van der Waals surface area contributed by atoms with E-state index in [9.17, 15) is 0 Å². The van der Waals surface area contributed by atoms with Crippen molar-refractivity contribution in [3.05, 3.63) is 24.3 Å². The van der Waals surface area contributed by atoms with Crippen molar-refractivity contribution in [2.75, 3.05) is 7.11 Å². The van der Waals surface area contributed by atoms with Gasteiger partial charge in [0.05, 0.1) is 5.52 Å². The highest BCUT2D eigenvalue weighted by Crippen LogP contribution is 2.15. The van der Waals surface area contributed by atoms with Crippen LogP contribution in [0.2, 0.25) is 0 Å². The lowest BCUT2D eigenvalue weighted by atomic mass is 10.3. The Hall–Kier alpha value is -1.16. The smallest absolute Gasteiger partial charge is 0.200 e. The minimum atomic E-state index is 0.568. The maximum Gasteiger partial charge on any atom is 0.200 e. The fraction of sp³-hybridized carbons (Fsp3) is 0.125. The molecule has 12 heavy (non-hydrogen) atoms. The van der Waals surface area contributed by atoms with Crippen molar-refractivity contribution in [3.63, 3.8) is 0 Å².